The number of aliphatic hydroxyl groups excluding tert-OH is 12. The molecule has 0 radical (unpaired) electrons. The minimum absolute atomic E-state index is 0.0122. The third-order valence-corrected chi connectivity index (χ3v) is 17.5. The minimum Gasteiger partial charge on any atom is -0.472 e. The van der Waals surface area contributed by atoms with E-state index in [9.17, 15) is 80.5 Å². The second-order valence-electron chi connectivity index (χ2n) is 22.4. The van der Waals surface area contributed by atoms with Crippen LogP contribution in [-0.2, 0) is 76.0 Å². The molecule has 1 aromatic heterocycles. The number of pyridine rings is 1. The van der Waals surface area contributed by atoms with E-state index in [1.807, 2.05) is 0 Å². The molecule has 30 nitrogen and oxygen atoms in total. The maximum Gasteiger partial charge on any atom is 0.340 e. The number of ether oxygens (including phenoxy) is 13. The largest absolute Gasteiger partial charge is 0.472 e. The van der Waals surface area contributed by atoms with Gasteiger partial charge in [-0.15, -0.1) is 6.58 Å². The summed E-state index contributed by atoms with van der Waals surface area (Å²) in [7, 11) is 2.33. The third-order valence-electron chi connectivity index (χ3n) is 17.5. The van der Waals surface area contributed by atoms with Crippen LogP contribution in [0.1, 0.15) is 42.6 Å². The van der Waals surface area contributed by atoms with Gasteiger partial charge >= 0.3 is 23.9 Å². The average molecular weight is 1220 g/mol. The zero-order valence-corrected chi connectivity index (χ0v) is 46.9. The van der Waals surface area contributed by atoms with Gasteiger partial charge in [0.2, 0.25) is 18.9 Å². The molecule has 9 rings (SSSR count). The zero-order chi connectivity index (χ0) is 62.2. The first-order valence-corrected chi connectivity index (χ1v) is 27.9. The number of methoxy groups -OCH3 is 2. The molecular weight excluding hydrogens is 1150 g/mol. The smallest absolute Gasteiger partial charge is 0.340 e. The van der Waals surface area contributed by atoms with Crippen LogP contribution in [-0.4, -0.2) is 247 Å². The van der Waals surface area contributed by atoms with Gasteiger partial charge in [0.15, 0.2) is 18.9 Å². The number of carbonyl (C=O) groups is 4. The molecular formula is C56H73NO29. The van der Waals surface area contributed by atoms with E-state index in [2.05, 4.69) is 11.6 Å². The van der Waals surface area contributed by atoms with E-state index in [1.165, 1.54) is 43.8 Å². The Hall–Kier alpha value is -5.59. The van der Waals surface area contributed by atoms with Gasteiger partial charge in [-0.3, -0.25) is 4.98 Å². The van der Waals surface area contributed by atoms with Gasteiger partial charge in [0.1, 0.15) is 85.5 Å². The number of nitrogens with zero attached hydrogens (tertiary/aromatic N) is 1. The van der Waals surface area contributed by atoms with Crippen molar-refractivity contribution in [2.45, 2.75) is 150 Å². The van der Waals surface area contributed by atoms with Crippen molar-refractivity contribution in [2.24, 2.45) is 47.3 Å². The Morgan fingerprint density at radius 1 is 0.547 bits per heavy atom. The van der Waals surface area contributed by atoms with E-state index in [0.717, 1.165) is 25.9 Å². The van der Waals surface area contributed by atoms with E-state index in [0.29, 0.717) is 0 Å². The first kappa shape index (κ1) is 64.9. The van der Waals surface area contributed by atoms with Crippen LogP contribution in [0.15, 0.2) is 72.7 Å². The van der Waals surface area contributed by atoms with Crippen LogP contribution in [0.3, 0.4) is 0 Å². The molecule has 2 saturated carbocycles. The van der Waals surface area contributed by atoms with Crippen LogP contribution in [0.4, 0.5) is 0 Å². The SMILES string of the molecule is C=C[C@@H]1[C@H](O[C@@H]2O[C@H](CO)[C@@H](O)[C@H](O)[C@H]2O)OC=C(C(=O)O[C@@H]2C[C@@H]3C(C(=O)OC)=CO[C@@H](O[C@H]4O[C@@H](CO)[C@H](O)[C@@H](O)[C@@H]4O)[C@@H]3[C@H]2C)[C@@H]1/C=C/c1cncc(C(=O)O[C@@H]2C[C@@H]3C(C(=O)OC)=CO[C@@H](O[C@@H]4O[C@H](CO)[C@@H](O)[C@H](O)[C@H]4O)[C@@H]3[C@H]2C)c1. The van der Waals surface area contributed by atoms with Crippen LogP contribution in [0.25, 0.3) is 6.08 Å². The predicted octanol–water partition coefficient (Wildman–Crippen LogP) is -3.99. The number of fused-ring (bicyclic) bond motifs is 2. The van der Waals surface area contributed by atoms with Gasteiger partial charge in [0.05, 0.1) is 81.0 Å². The average Bonchev–Trinajstić information content (AvgIpc) is 1.68. The molecule has 0 bridgehead atoms. The fourth-order valence-electron chi connectivity index (χ4n) is 12.5. The fraction of sp³-hybridized carbons (Fsp3) is 0.661. The van der Waals surface area contributed by atoms with E-state index in [-0.39, 0.29) is 40.7 Å². The number of rotatable bonds is 18. The molecule has 3 saturated heterocycles. The highest BCUT2D eigenvalue weighted by atomic mass is 16.8. The summed E-state index contributed by atoms with van der Waals surface area (Å²) in [5, 5.41) is 125. The molecule has 1 aromatic rings. The molecule has 6 aliphatic heterocycles. The minimum atomic E-state index is -1.86. The molecule has 7 heterocycles. The van der Waals surface area contributed by atoms with Crippen molar-refractivity contribution in [3.63, 3.8) is 0 Å². The number of allylic oxidation sites excluding steroid dienone is 1. The predicted molar refractivity (Wildman–Crippen MR) is 279 cm³/mol. The summed E-state index contributed by atoms with van der Waals surface area (Å²) < 4.78 is 74.8. The molecule has 0 amide bonds. The van der Waals surface area contributed by atoms with E-state index in [4.69, 9.17) is 61.6 Å². The fourth-order valence-corrected chi connectivity index (χ4v) is 12.5. The van der Waals surface area contributed by atoms with Gasteiger partial charge in [-0.25, -0.2) is 19.2 Å². The van der Waals surface area contributed by atoms with Crippen molar-refractivity contribution in [1.29, 1.82) is 0 Å². The lowest BCUT2D eigenvalue weighted by atomic mass is 9.83. The molecule has 86 heavy (non-hydrogen) atoms. The quantitative estimate of drug-likeness (QED) is 0.0379. The Balaban J connectivity index is 0.954. The lowest BCUT2D eigenvalue weighted by Crippen LogP contribution is -2.60. The van der Waals surface area contributed by atoms with Crippen molar-refractivity contribution < 1.29 is 142 Å². The maximum atomic E-state index is 14.7. The summed E-state index contributed by atoms with van der Waals surface area (Å²) in [6, 6.07) is 1.43. The summed E-state index contributed by atoms with van der Waals surface area (Å²) in [6.45, 7) is 5.10. The molecule has 28 atom stereocenters. The standard InChI is InChI=1S/C56H73NO29/c1-6-24-25(8-7-22-9-23(13-57-12-22)47(70)79-31-10-26-29(48(71)74-4)18-77-52(36(26)20(31)2)85-55-45(68)42(65)39(62)34(15-59)82-55)28(17-76-51(24)84-54-44(67)41(64)38(61)33(14-58)81-54)50(73)80-32-11-27-30(49(72)75-5)19-78-53(37(27)21(32)3)86-56-46(69)43(66)40(63)35(16-60)83-56/h6-9,12-13,17-21,24-27,31-46,51-56,58-69H,1,10-11,14-16H2,2-5H3/b8-7+/t20-,21-,24-,25+,26+,27+,31+,32+,33+,34+,35-,36+,37+,38+,39+,40-,41-,42-,43+,44+,45+,46-,51-,52-,53-,54-,55-,56+/m0/s1. The van der Waals surface area contributed by atoms with E-state index < -0.39 is 214 Å². The molecule has 476 valence electrons. The number of hydrogen-bond donors (Lipinski definition) is 12. The molecule has 0 aromatic carbocycles. The number of hydrogen-bond acceptors (Lipinski definition) is 30. The monoisotopic (exact) mass is 1220 g/mol. The van der Waals surface area contributed by atoms with Crippen LogP contribution in [0.2, 0.25) is 0 Å². The van der Waals surface area contributed by atoms with E-state index >= 15 is 0 Å². The highest BCUT2D eigenvalue weighted by Crippen LogP contribution is 2.51. The highest BCUT2D eigenvalue weighted by Gasteiger charge is 2.58. The van der Waals surface area contributed by atoms with Crippen molar-refractivity contribution in [1.82, 2.24) is 4.98 Å². The first-order valence-electron chi connectivity index (χ1n) is 27.9. The Morgan fingerprint density at radius 3 is 1.37 bits per heavy atom. The topological polar surface area (TPSA) is 444 Å². The van der Waals surface area contributed by atoms with Crippen LogP contribution >= 0.6 is 0 Å². The molecule has 5 fully saturated rings. The molecule has 30 heteroatoms. The van der Waals surface area contributed by atoms with Gasteiger partial charge < -0.3 is 123 Å². The van der Waals surface area contributed by atoms with E-state index in [1.54, 1.807) is 13.8 Å². The van der Waals surface area contributed by atoms with Crippen LogP contribution in [0.5, 0.6) is 0 Å². The summed E-state index contributed by atoms with van der Waals surface area (Å²) in [5.41, 5.74) is 0.233. The zero-order valence-electron chi connectivity index (χ0n) is 46.9. The van der Waals surface area contributed by atoms with Gasteiger partial charge in [-0.05, 0) is 24.5 Å². The van der Waals surface area contributed by atoms with Crippen molar-refractivity contribution in [3.05, 3.63) is 83.8 Å². The van der Waals surface area contributed by atoms with Gasteiger partial charge in [-0.1, -0.05) is 32.1 Å². The Bertz CT molecular complexity index is 2720. The number of esters is 4. The third kappa shape index (κ3) is 12.7. The van der Waals surface area contributed by atoms with Gasteiger partial charge in [-0.2, -0.15) is 0 Å². The molecule has 0 spiro atoms. The second-order valence-corrected chi connectivity index (χ2v) is 22.4. The van der Waals surface area contributed by atoms with Crippen molar-refractivity contribution in [2.75, 3.05) is 34.0 Å². The molecule has 12 N–H and O–H groups in total. The summed E-state index contributed by atoms with van der Waals surface area (Å²) >= 11 is 0. The first-order chi connectivity index (χ1) is 41.1. The Labute approximate surface area is 490 Å². The molecule has 8 aliphatic rings. The van der Waals surface area contributed by atoms with Gasteiger partial charge in [0, 0.05) is 53.8 Å². The number of carbonyl (C=O) groups excluding carboxylic acids is 4. The molecule has 2 aliphatic carbocycles. The highest BCUT2D eigenvalue weighted by molar-refractivity contribution is 5.92. The Morgan fingerprint density at radius 2 is 0.953 bits per heavy atom. The summed E-state index contributed by atoms with van der Waals surface area (Å²) in [4.78, 5) is 59.3. The summed E-state index contributed by atoms with van der Waals surface area (Å²) in [6.07, 6.45) is -20.6. The van der Waals surface area contributed by atoms with Gasteiger partial charge in [0.25, 0.3) is 0 Å². The lowest BCUT2D eigenvalue weighted by molar-refractivity contribution is -0.342. The van der Waals surface area contributed by atoms with Crippen molar-refractivity contribution >= 4 is 30.0 Å². The molecule has 0 unspecified atom stereocenters. The Kier molecular flexibility index (Phi) is 20.7. The van der Waals surface area contributed by atoms with Crippen LogP contribution in [0, 0.1) is 47.3 Å². The summed E-state index contributed by atoms with van der Waals surface area (Å²) in [5.74, 6) is -9.90. The lowest BCUT2D eigenvalue weighted by Gasteiger charge is -2.43. The van der Waals surface area contributed by atoms with Crippen LogP contribution < -0.4 is 0 Å². The number of aromatic nitrogens is 1. The van der Waals surface area contributed by atoms with Crippen molar-refractivity contribution in [3.8, 4) is 0 Å². The normalized spacial score (nSPS) is 42.9. The number of aliphatic hydroxyl groups is 12. The maximum absolute atomic E-state index is 14.7. The second kappa shape index (κ2) is 27.4.